The lowest BCUT2D eigenvalue weighted by Crippen LogP contribution is -2.27. The first-order chi connectivity index (χ1) is 11.0. The molecule has 0 atom stereocenters. The third-order valence-electron chi connectivity index (χ3n) is 3.71. The molecule has 0 unspecified atom stereocenters. The van der Waals surface area contributed by atoms with E-state index < -0.39 is 0 Å². The van der Waals surface area contributed by atoms with Crippen LogP contribution in [-0.2, 0) is 6.54 Å². The lowest BCUT2D eigenvalue weighted by Gasteiger charge is -2.19. The van der Waals surface area contributed by atoms with Crippen molar-refractivity contribution in [1.82, 2.24) is 4.90 Å². The standard InChI is InChI=1S/C18H22N2O2S.ClH/c1-12-5-7-14(19)10-15(12)18(21)20(2)11-13-6-8-17(23-4)16(9-13)22-3;/h5-10H,11,19H2,1-4H3;1H. The van der Waals surface area contributed by atoms with Crippen molar-refractivity contribution in [2.24, 2.45) is 0 Å². The largest absolute Gasteiger partial charge is 0.496 e. The summed E-state index contributed by atoms with van der Waals surface area (Å²) in [6, 6.07) is 11.4. The van der Waals surface area contributed by atoms with Gasteiger partial charge in [-0.3, -0.25) is 4.79 Å². The van der Waals surface area contributed by atoms with Crippen LogP contribution in [-0.4, -0.2) is 31.2 Å². The van der Waals surface area contributed by atoms with Crippen molar-refractivity contribution in [2.45, 2.75) is 18.4 Å². The van der Waals surface area contributed by atoms with E-state index in [1.807, 2.05) is 37.4 Å². The summed E-state index contributed by atoms with van der Waals surface area (Å²) < 4.78 is 5.40. The molecule has 2 aromatic carbocycles. The Morgan fingerprint density at radius 2 is 1.96 bits per heavy atom. The number of nitrogens with zero attached hydrogens (tertiary/aromatic N) is 1. The quantitative estimate of drug-likeness (QED) is 0.641. The summed E-state index contributed by atoms with van der Waals surface area (Å²) in [5, 5.41) is 0. The van der Waals surface area contributed by atoms with Crippen LogP contribution in [0.25, 0.3) is 0 Å². The van der Waals surface area contributed by atoms with Gasteiger partial charge in [-0.25, -0.2) is 0 Å². The molecule has 2 rings (SSSR count). The first-order valence-corrected chi connectivity index (χ1v) is 8.51. The average Bonchev–Trinajstić information content (AvgIpc) is 2.56. The normalized spacial score (nSPS) is 10.0. The molecule has 0 saturated heterocycles. The van der Waals surface area contributed by atoms with Crippen molar-refractivity contribution < 1.29 is 9.53 Å². The highest BCUT2D eigenvalue weighted by atomic mass is 35.5. The van der Waals surface area contributed by atoms with E-state index in [0.29, 0.717) is 17.8 Å². The Morgan fingerprint density at radius 1 is 1.25 bits per heavy atom. The predicted octanol–water partition coefficient (Wildman–Crippen LogP) is 4.00. The predicted molar refractivity (Wildman–Crippen MR) is 103 cm³/mol. The number of nitrogen functional groups attached to an aromatic ring is 1. The number of methoxy groups -OCH3 is 1. The molecule has 130 valence electrons. The molecule has 0 saturated carbocycles. The minimum atomic E-state index is -0.0392. The van der Waals surface area contributed by atoms with E-state index in [9.17, 15) is 4.79 Å². The average molecular weight is 367 g/mol. The van der Waals surface area contributed by atoms with E-state index in [1.165, 1.54) is 0 Å². The van der Waals surface area contributed by atoms with Gasteiger partial charge in [0.25, 0.3) is 5.91 Å². The van der Waals surface area contributed by atoms with Crippen LogP contribution in [0.4, 0.5) is 5.69 Å². The second-order valence-corrected chi connectivity index (χ2v) is 6.27. The Morgan fingerprint density at radius 3 is 2.58 bits per heavy atom. The van der Waals surface area contributed by atoms with Gasteiger partial charge in [0, 0.05) is 29.7 Å². The smallest absolute Gasteiger partial charge is 0.254 e. The van der Waals surface area contributed by atoms with Crippen molar-refractivity contribution >= 4 is 35.8 Å². The fraction of sp³-hybridized carbons (Fsp3) is 0.278. The van der Waals surface area contributed by atoms with Gasteiger partial charge in [0.1, 0.15) is 5.75 Å². The summed E-state index contributed by atoms with van der Waals surface area (Å²) in [7, 11) is 3.45. The summed E-state index contributed by atoms with van der Waals surface area (Å²) >= 11 is 1.63. The van der Waals surface area contributed by atoms with Gasteiger partial charge in [0.2, 0.25) is 0 Å². The summed E-state index contributed by atoms with van der Waals surface area (Å²) in [5.41, 5.74) is 8.98. The molecule has 0 radical (unpaired) electrons. The molecule has 0 spiro atoms. The molecular formula is C18H23ClN2O2S. The van der Waals surface area contributed by atoms with Crippen molar-refractivity contribution in [3.63, 3.8) is 0 Å². The number of benzene rings is 2. The zero-order valence-electron chi connectivity index (χ0n) is 14.3. The summed E-state index contributed by atoms with van der Waals surface area (Å²) in [4.78, 5) is 15.4. The highest BCUT2D eigenvalue weighted by Gasteiger charge is 2.15. The highest BCUT2D eigenvalue weighted by Crippen LogP contribution is 2.28. The maximum Gasteiger partial charge on any atom is 0.254 e. The number of halogens is 1. The van der Waals surface area contributed by atoms with Crippen molar-refractivity contribution in [3.05, 3.63) is 53.1 Å². The molecule has 6 heteroatoms. The fourth-order valence-corrected chi connectivity index (χ4v) is 2.95. The summed E-state index contributed by atoms with van der Waals surface area (Å²) in [6.45, 7) is 2.43. The van der Waals surface area contributed by atoms with Gasteiger partial charge < -0.3 is 15.4 Å². The Kier molecular flexibility index (Phi) is 7.45. The molecule has 0 aliphatic rings. The zero-order chi connectivity index (χ0) is 17.0. The van der Waals surface area contributed by atoms with E-state index >= 15 is 0 Å². The number of hydrogen-bond donors (Lipinski definition) is 1. The third-order valence-corrected chi connectivity index (χ3v) is 4.48. The zero-order valence-corrected chi connectivity index (χ0v) is 16.0. The topological polar surface area (TPSA) is 55.6 Å². The molecule has 4 nitrogen and oxygen atoms in total. The number of carbonyl (C=O) groups is 1. The van der Waals surface area contributed by atoms with Gasteiger partial charge >= 0.3 is 0 Å². The van der Waals surface area contributed by atoms with Crippen LogP contribution in [0.5, 0.6) is 5.75 Å². The first-order valence-electron chi connectivity index (χ1n) is 7.28. The maximum absolute atomic E-state index is 12.6. The molecule has 0 aliphatic heterocycles. The number of ether oxygens (including phenoxy) is 1. The van der Waals surface area contributed by atoms with Crippen LogP contribution in [0.1, 0.15) is 21.5 Å². The molecule has 0 fully saturated rings. The summed E-state index contributed by atoms with van der Waals surface area (Å²) in [5.74, 6) is 0.790. The first kappa shape index (κ1) is 20.2. The van der Waals surface area contributed by atoms with Crippen molar-refractivity contribution in [1.29, 1.82) is 0 Å². The minimum Gasteiger partial charge on any atom is -0.496 e. The SMILES string of the molecule is COc1cc(CN(C)C(=O)c2cc(N)ccc2C)ccc1SC.Cl. The van der Waals surface area contributed by atoms with Gasteiger partial charge in [-0.2, -0.15) is 0 Å². The van der Waals surface area contributed by atoms with E-state index in [-0.39, 0.29) is 18.3 Å². The maximum atomic E-state index is 12.6. The summed E-state index contributed by atoms with van der Waals surface area (Å²) in [6.07, 6.45) is 2.01. The number of amides is 1. The molecule has 0 bridgehead atoms. The number of aryl methyl sites for hydroxylation is 1. The monoisotopic (exact) mass is 366 g/mol. The molecule has 2 N–H and O–H groups in total. The van der Waals surface area contributed by atoms with Gasteiger partial charge in [0.15, 0.2) is 0 Å². The Bertz CT molecular complexity index is 722. The minimum absolute atomic E-state index is 0. The lowest BCUT2D eigenvalue weighted by atomic mass is 10.1. The third kappa shape index (κ3) is 4.58. The fourth-order valence-electron chi connectivity index (χ4n) is 2.40. The molecular weight excluding hydrogens is 344 g/mol. The highest BCUT2D eigenvalue weighted by molar-refractivity contribution is 7.98. The molecule has 2 aromatic rings. The molecule has 0 aromatic heterocycles. The van der Waals surface area contributed by atoms with Gasteiger partial charge in [0.05, 0.1) is 7.11 Å². The molecule has 1 amide bonds. The van der Waals surface area contributed by atoms with Crippen LogP contribution >= 0.6 is 24.2 Å². The number of nitrogens with two attached hydrogens (primary N) is 1. The number of hydrogen-bond acceptors (Lipinski definition) is 4. The van der Waals surface area contributed by atoms with Gasteiger partial charge in [-0.15, -0.1) is 24.2 Å². The molecule has 24 heavy (non-hydrogen) atoms. The van der Waals surface area contributed by atoms with E-state index in [1.54, 1.807) is 43.0 Å². The molecule has 0 heterocycles. The Hall–Kier alpha value is -1.85. The van der Waals surface area contributed by atoms with E-state index in [2.05, 4.69) is 0 Å². The van der Waals surface area contributed by atoms with Crippen molar-refractivity contribution in [2.75, 3.05) is 26.1 Å². The number of carbonyl (C=O) groups excluding carboxylic acids is 1. The lowest BCUT2D eigenvalue weighted by molar-refractivity contribution is 0.0784. The number of anilines is 1. The van der Waals surface area contributed by atoms with Gasteiger partial charge in [-0.1, -0.05) is 12.1 Å². The second kappa shape index (κ2) is 8.85. The van der Waals surface area contributed by atoms with Gasteiger partial charge in [-0.05, 0) is 48.6 Å². The second-order valence-electron chi connectivity index (χ2n) is 5.42. The number of thioether (sulfide) groups is 1. The van der Waals surface area contributed by atoms with Crippen LogP contribution in [0, 0.1) is 6.92 Å². The Labute approximate surface area is 153 Å². The Balaban J connectivity index is 0.00000288. The number of rotatable bonds is 5. The molecule has 0 aliphatic carbocycles. The van der Waals surface area contributed by atoms with Crippen LogP contribution < -0.4 is 10.5 Å². The van der Waals surface area contributed by atoms with E-state index in [4.69, 9.17) is 10.5 Å². The van der Waals surface area contributed by atoms with Crippen LogP contribution in [0.15, 0.2) is 41.3 Å². The van der Waals surface area contributed by atoms with Crippen LogP contribution in [0.3, 0.4) is 0 Å². The van der Waals surface area contributed by atoms with E-state index in [0.717, 1.165) is 21.8 Å². The van der Waals surface area contributed by atoms with Crippen LogP contribution in [0.2, 0.25) is 0 Å². The van der Waals surface area contributed by atoms with Crippen molar-refractivity contribution in [3.8, 4) is 5.75 Å².